The second kappa shape index (κ2) is 5.47. The summed E-state index contributed by atoms with van der Waals surface area (Å²) in [5, 5.41) is 12.5. The summed E-state index contributed by atoms with van der Waals surface area (Å²) >= 11 is 0. The van der Waals surface area contributed by atoms with Crippen LogP contribution in [0.25, 0.3) is 0 Å². The van der Waals surface area contributed by atoms with Crippen LogP contribution in [0.1, 0.15) is 26.7 Å². The normalized spacial score (nSPS) is 32.9. The molecule has 0 aromatic rings. The summed E-state index contributed by atoms with van der Waals surface area (Å²) in [6, 6.07) is 0.441. The highest BCUT2D eigenvalue weighted by Gasteiger charge is 2.38. The van der Waals surface area contributed by atoms with Gasteiger partial charge in [-0.05, 0) is 33.0 Å². The smallest absolute Gasteiger partial charge is 0.308 e. The maximum Gasteiger partial charge on any atom is 0.308 e. The molecule has 88 valence electrons. The van der Waals surface area contributed by atoms with Crippen molar-refractivity contribution in [3.63, 3.8) is 0 Å². The number of hydrogen-bond acceptors (Lipinski definition) is 3. The van der Waals surface area contributed by atoms with Crippen LogP contribution in [-0.2, 0) is 4.79 Å². The maximum atomic E-state index is 11.1. The Morgan fingerprint density at radius 1 is 1.53 bits per heavy atom. The molecule has 1 rings (SSSR count). The largest absolute Gasteiger partial charge is 0.481 e. The van der Waals surface area contributed by atoms with Crippen LogP contribution in [0.5, 0.6) is 0 Å². The number of carboxylic acids is 1. The monoisotopic (exact) mass is 214 g/mol. The number of carbonyl (C=O) groups is 1. The van der Waals surface area contributed by atoms with E-state index in [9.17, 15) is 9.90 Å². The topological polar surface area (TPSA) is 52.6 Å². The number of aliphatic carboxylic acids is 1. The Morgan fingerprint density at radius 2 is 2.20 bits per heavy atom. The van der Waals surface area contributed by atoms with E-state index in [1.54, 1.807) is 0 Å². The van der Waals surface area contributed by atoms with Gasteiger partial charge in [-0.2, -0.15) is 0 Å². The molecule has 1 aliphatic rings. The van der Waals surface area contributed by atoms with E-state index in [-0.39, 0.29) is 12.0 Å². The van der Waals surface area contributed by atoms with E-state index < -0.39 is 5.97 Å². The quantitative estimate of drug-likeness (QED) is 0.726. The van der Waals surface area contributed by atoms with Gasteiger partial charge in [-0.25, -0.2) is 0 Å². The Hall–Kier alpha value is -0.610. The van der Waals surface area contributed by atoms with Crippen molar-refractivity contribution in [1.29, 1.82) is 0 Å². The lowest BCUT2D eigenvalue weighted by Crippen LogP contribution is -2.58. The van der Waals surface area contributed by atoms with Crippen LogP contribution in [-0.4, -0.2) is 48.2 Å². The lowest BCUT2D eigenvalue weighted by atomic mass is 9.84. The van der Waals surface area contributed by atoms with E-state index in [0.29, 0.717) is 6.04 Å². The molecule has 0 spiro atoms. The van der Waals surface area contributed by atoms with Crippen molar-refractivity contribution in [2.24, 2.45) is 5.92 Å². The van der Waals surface area contributed by atoms with Crippen molar-refractivity contribution in [2.75, 3.05) is 20.1 Å². The molecule has 0 amide bonds. The van der Waals surface area contributed by atoms with Gasteiger partial charge in [0, 0.05) is 12.1 Å². The summed E-state index contributed by atoms with van der Waals surface area (Å²) in [6.07, 6.45) is 1.75. The van der Waals surface area contributed by atoms with Crippen molar-refractivity contribution < 1.29 is 9.90 Å². The molecule has 0 aliphatic carbocycles. The predicted octanol–water partition coefficient (Wildman–Crippen LogP) is 0.779. The molecule has 0 radical (unpaired) electrons. The van der Waals surface area contributed by atoms with E-state index in [0.717, 1.165) is 25.9 Å². The Morgan fingerprint density at radius 3 is 2.67 bits per heavy atom. The molecule has 3 atom stereocenters. The summed E-state index contributed by atoms with van der Waals surface area (Å²) < 4.78 is 0. The average Bonchev–Trinajstić information content (AvgIpc) is 2.18. The molecule has 0 bridgehead atoms. The highest BCUT2D eigenvalue weighted by molar-refractivity contribution is 5.71. The van der Waals surface area contributed by atoms with Crippen LogP contribution in [0.3, 0.4) is 0 Å². The van der Waals surface area contributed by atoms with Crippen LogP contribution in [0.4, 0.5) is 0 Å². The summed E-state index contributed by atoms with van der Waals surface area (Å²) in [5.41, 5.74) is 0. The summed E-state index contributed by atoms with van der Waals surface area (Å²) in [6.45, 7) is 5.87. The fourth-order valence-corrected chi connectivity index (χ4v) is 2.59. The number of piperidine rings is 1. The minimum Gasteiger partial charge on any atom is -0.481 e. The standard InChI is InChI=1S/C11H22N2O2/c1-4-9-10(12-5-2)8(11(14)15)6-7-13(9)3/h8-10,12H,4-7H2,1-3H3,(H,14,15). The number of hydrogen-bond donors (Lipinski definition) is 2. The molecule has 1 aliphatic heterocycles. The molecule has 15 heavy (non-hydrogen) atoms. The van der Waals surface area contributed by atoms with Crippen molar-refractivity contribution in [3.8, 4) is 0 Å². The molecule has 0 saturated carbocycles. The number of nitrogens with zero attached hydrogens (tertiary/aromatic N) is 1. The Bertz CT molecular complexity index is 221. The number of likely N-dealkylation sites (N-methyl/N-ethyl adjacent to an activating group) is 2. The molecular weight excluding hydrogens is 192 g/mol. The second-order valence-electron chi connectivity index (χ2n) is 4.27. The van der Waals surface area contributed by atoms with Crippen LogP contribution < -0.4 is 5.32 Å². The first-order valence-electron chi connectivity index (χ1n) is 5.78. The third-order valence-corrected chi connectivity index (χ3v) is 3.38. The highest BCUT2D eigenvalue weighted by Crippen LogP contribution is 2.24. The van der Waals surface area contributed by atoms with E-state index in [1.807, 2.05) is 6.92 Å². The fourth-order valence-electron chi connectivity index (χ4n) is 2.59. The molecule has 2 N–H and O–H groups in total. The predicted molar refractivity (Wildman–Crippen MR) is 59.9 cm³/mol. The van der Waals surface area contributed by atoms with Gasteiger partial charge in [0.15, 0.2) is 0 Å². The van der Waals surface area contributed by atoms with Gasteiger partial charge in [0.25, 0.3) is 0 Å². The Labute approximate surface area is 91.6 Å². The van der Waals surface area contributed by atoms with Gasteiger partial charge in [-0.3, -0.25) is 4.79 Å². The zero-order valence-corrected chi connectivity index (χ0v) is 9.86. The van der Waals surface area contributed by atoms with Crippen LogP contribution in [0.2, 0.25) is 0 Å². The van der Waals surface area contributed by atoms with Gasteiger partial charge >= 0.3 is 5.97 Å². The van der Waals surface area contributed by atoms with Gasteiger partial charge in [0.05, 0.1) is 5.92 Å². The number of likely N-dealkylation sites (tertiary alicyclic amines) is 1. The fraction of sp³-hybridized carbons (Fsp3) is 0.909. The van der Waals surface area contributed by atoms with Gasteiger partial charge in [0.2, 0.25) is 0 Å². The highest BCUT2D eigenvalue weighted by atomic mass is 16.4. The molecule has 1 saturated heterocycles. The molecule has 1 fully saturated rings. The maximum absolute atomic E-state index is 11.1. The third-order valence-electron chi connectivity index (χ3n) is 3.38. The summed E-state index contributed by atoms with van der Waals surface area (Å²) in [4.78, 5) is 13.4. The van der Waals surface area contributed by atoms with E-state index in [2.05, 4.69) is 24.2 Å². The lowest BCUT2D eigenvalue weighted by Gasteiger charge is -2.42. The Balaban J connectivity index is 2.77. The molecule has 0 aromatic carbocycles. The van der Waals surface area contributed by atoms with Gasteiger partial charge in [0.1, 0.15) is 0 Å². The number of carboxylic acid groups (broad SMARTS) is 1. The first kappa shape index (κ1) is 12.5. The third kappa shape index (κ3) is 2.69. The first-order valence-corrected chi connectivity index (χ1v) is 5.78. The molecule has 4 nitrogen and oxygen atoms in total. The van der Waals surface area contributed by atoms with Gasteiger partial charge < -0.3 is 15.3 Å². The van der Waals surface area contributed by atoms with E-state index in [4.69, 9.17) is 0 Å². The van der Waals surface area contributed by atoms with Crippen LogP contribution >= 0.6 is 0 Å². The number of rotatable bonds is 4. The molecule has 4 heteroatoms. The summed E-state index contributed by atoms with van der Waals surface area (Å²) in [7, 11) is 2.08. The minimum absolute atomic E-state index is 0.0937. The molecule has 1 heterocycles. The van der Waals surface area contributed by atoms with Crippen molar-refractivity contribution in [2.45, 2.75) is 38.8 Å². The van der Waals surface area contributed by atoms with Crippen molar-refractivity contribution in [1.82, 2.24) is 10.2 Å². The molecule has 0 aromatic heterocycles. The van der Waals surface area contributed by atoms with Crippen molar-refractivity contribution >= 4 is 5.97 Å². The van der Waals surface area contributed by atoms with E-state index in [1.165, 1.54) is 0 Å². The SMILES string of the molecule is CCNC1C(C(=O)O)CCN(C)C1CC. The Kier molecular flexibility index (Phi) is 4.54. The second-order valence-corrected chi connectivity index (χ2v) is 4.27. The zero-order valence-electron chi connectivity index (χ0n) is 9.86. The van der Waals surface area contributed by atoms with Gasteiger partial charge in [-0.15, -0.1) is 0 Å². The van der Waals surface area contributed by atoms with Crippen LogP contribution in [0.15, 0.2) is 0 Å². The van der Waals surface area contributed by atoms with E-state index >= 15 is 0 Å². The number of nitrogens with one attached hydrogen (secondary N) is 1. The molecule has 3 unspecified atom stereocenters. The summed E-state index contributed by atoms with van der Waals surface area (Å²) in [5.74, 6) is -0.890. The average molecular weight is 214 g/mol. The zero-order chi connectivity index (χ0) is 11.4. The van der Waals surface area contributed by atoms with Crippen molar-refractivity contribution in [3.05, 3.63) is 0 Å². The first-order chi connectivity index (χ1) is 7.11. The molecular formula is C11H22N2O2. The lowest BCUT2D eigenvalue weighted by molar-refractivity contribution is -0.145. The van der Waals surface area contributed by atoms with Crippen LogP contribution in [0, 0.1) is 5.92 Å². The minimum atomic E-state index is -0.660. The van der Waals surface area contributed by atoms with Gasteiger partial charge in [-0.1, -0.05) is 13.8 Å².